The highest BCUT2D eigenvalue weighted by Gasteiger charge is 2.31. The average molecular weight is 437 g/mol. The first-order chi connectivity index (χ1) is 15.3. The lowest BCUT2D eigenvalue weighted by atomic mass is 10.1. The maximum absolute atomic E-state index is 12.5. The third-order valence-corrected chi connectivity index (χ3v) is 5.62. The summed E-state index contributed by atoms with van der Waals surface area (Å²) in [5.41, 5.74) is 2.85. The largest absolute Gasteiger partial charge is 0.496 e. The second-order valence-electron chi connectivity index (χ2n) is 9.16. The van der Waals surface area contributed by atoms with E-state index >= 15 is 0 Å². The molecule has 0 N–H and O–H groups in total. The predicted octanol–water partition coefficient (Wildman–Crippen LogP) is 4.25. The van der Waals surface area contributed by atoms with E-state index in [2.05, 4.69) is 34.1 Å². The quantitative estimate of drug-likeness (QED) is 0.720. The van der Waals surface area contributed by atoms with Crippen LogP contribution in [0, 0.1) is 0 Å². The minimum absolute atomic E-state index is 0.251. The van der Waals surface area contributed by atoms with Crippen molar-refractivity contribution in [1.29, 1.82) is 0 Å². The number of hydrogen-bond acceptors (Lipinski definition) is 6. The first-order valence-corrected chi connectivity index (χ1v) is 11.1. The van der Waals surface area contributed by atoms with Crippen molar-refractivity contribution in [3.05, 3.63) is 59.7 Å². The minimum Gasteiger partial charge on any atom is -0.496 e. The van der Waals surface area contributed by atoms with Gasteiger partial charge in [-0.25, -0.2) is 9.79 Å². The molecule has 0 saturated carbocycles. The Balaban J connectivity index is 1.53. The molecule has 7 nitrogen and oxygen atoms in total. The first kappa shape index (κ1) is 22.0. The number of amides is 1. The average Bonchev–Trinajstić information content (AvgIpc) is 2.78. The number of rotatable bonds is 3. The van der Waals surface area contributed by atoms with Gasteiger partial charge in [-0.2, -0.15) is 0 Å². The molecule has 1 amide bonds. The molecule has 2 aromatic carbocycles. The van der Waals surface area contributed by atoms with Crippen LogP contribution in [0.25, 0.3) is 0 Å². The van der Waals surface area contributed by atoms with Crippen molar-refractivity contribution in [2.75, 3.05) is 33.3 Å². The van der Waals surface area contributed by atoms with Crippen LogP contribution in [0.5, 0.6) is 5.75 Å². The SMILES string of the molecule is COc1ccccc1CN1Cc2ccccc2N=C1N1CCN(C(=O)OC(C)(C)C)CC1. The molecule has 0 spiro atoms. The highest BCUT2D eigenvalue weighted by molar-refractivity contribution is 5.85. The Labute approximate surface area is 190 Å². The Morgan fingerprint density at radius 1 is 1.00 bits per heavy atom. The number of hydrogen-bond donors (Lipinski definition) is 0. The number of nitrogens with zero attached hydrogens (tertiary/aromatic N) is 4. The number of para-hydroxylation sites is 2. The molecule has 1 saturated heterocycles. The van der Waals surface area contributed by atoms with Crippen molar-refractivity contribution in [3.63, 3.8) is 0 Å². The van der Waals surface area contributed by atoms with Crippen LogP contribution in [0.4, 0.5) is 10.5 Å². The standard InChI is InChI=1S/C25H32N4O3/c1-25(2,3)32-24(30)28-15-13-27(14-16-28)23-26-21-11-7-5-9-19(21)17-29(23)18-20-10-6-8-12-22(20)31-4/h5-12H,13-18H2,1-4H3. The summed E-state index contributed by atoms with van der Waals surface area (Å²) in [6.07, 6.45) is -0.251. The van der Waals surface area contributed by atoms with Crippen molar-refractivity contribution < 1.29 is 14.3 Å². The monoisotopic (exact) mass is 436 g/mol. The Hall–Kier alpha value is -3.22. The molecule has 32 heavy (non-hydrogen) atoms. The molecule has 2 heterocycles. The molecule has 0 radical (unpaired) electrons. The van der Waals surface area contributed by atoms with Crippen LogP contribution in [-0.4, -0.2) is 65.6 Å². The molecular formula is C25H32N4O3. The molecular weight excluding hydrogens is 404 g/mol. The van der Waals surface area contributed by atoms with E-state index in [0.29, 0.717) is 32.7 Å². The van der Waals surface area contributed by atoms with Crippen molar-refractivity contribution in [1.82, 2.24) is 14.7 Å². The van der Waals surface area contributed by atoms with Crippen LogP contribution < -0.4 is 4.74 Å². The third-order valence-electron chi connectivity index (χ3n) is 5.62. The molecule has 4 rings (SSSR count). The van der Waals surface area contributed by atoms with Crippen molar-refractivity contribution in [3.8, 4) is 5.75 Å². The van der Waals surface area contributed by atoms with E-state index < -0.39 is 5.60 Å². The maximum atomic E-state index is 12.5. The van der Waals surface area contributed by atoms with Gasteiger partial charge in [0.15, 0.2) is 0 Å². The van der Waals surface area contributed by atoms with Crippen molar-refractivity contribution in [2.24, 2.45) is 4.99 Å². The number of carbonyl (C=O) groups is 1. The van der Waals surface area contributed by atoms with Gasteiger partial charge in [0.05, 0.1) is 12.8 Å². The van der Waals surface area contributed by atoms with Gasteiger partial charge >= 0.3 is 6.09 Å². The van der Waals surface area contributed by atoms with Crippen LogP contribution in [0.3, 0.4) is 0 Å². The summed E-state index contributed by atoms with van der Waals surface area (Å²) < 4.78 is 11.1. The molecule has 0 unspecified atom stereocenters. The fourth-order valence-electron chi connectivity index (χ4n) is 4.06. The van der Waals surface area contributed by atoms with Crippen molar-refractivity contribution >= 4 is 17.7 Å². The number of aliphatic imine (C=N–C) groups is 1. The summed E-state index contributed by atoms with van der Waals surface area (Å²) in [7, 11) is 1.70. The van der Waals surface area contributed by atoms with Crippen LogP contribution in [-0.2, 0) is 17.8 Å². The molecule has 2 aliphatic rings. The van der Waals surface area contributed by atoms with E-state index in [1.165, 1.54) is 5.56 Å². The van der Waals surface area contributed by atoms with Gasteiger partial charge in [-0.3, -0.25) is 0 Å². The smallest absolute Gasteiger partial charge is 0.410 e. The van der Waals surface area contributed by atoms with Crippen LogP contribution >= 0.6 is 0 Å². The first-order valence-electron chi connectivity index (χ1n) is 11.1. The van der Waals surface area contributed by atoms with E-state index in [-0.39, 0.29) is 6.09 Å². The third kappa shape index (κ3) is 4.98. The molecule has 7 heteroatoms. The maximum Gasteiger partial charge on any atom is 0.410 e. The molecule has 0 aliphatic carbocycles. The summed E-state index contributed by atoms with van der Waals surface area (Å²) >= 11 is 0. The number of methoxy groups -OCH3 is 1. The fourth-order valence-corrected chi connectivity index (χ4v) is 4.06. The number of carbonyl (C=O) groups excluding carboxylic acids is 1. The zero-order valence-corrected chi connectivity index (χ0v) is 19.4. The summed E-state index contributed by atoms with van der Waals surface area (Å²) in [6, 6.07) is 16.4. The normalized spacial score (nSPS) is 16.4. The van der Waals surface area contributed by atoms with Gasteiger partial charge < -0.3 is 24.2 Å². The van der Waals surface area contributed by atoms with Gasteiger partial charge in [-0.15, -0.1) is 0 Å². The second kappa shape index (κ2) is 9.10. The van der Waals surface area contributed by atoms with Gasteiger partial charge in [0, 0.05) is 44.8 Å². The van der Waals surface area contributed by atoms with E-state index in [0.717, 1.165) is 29.5 Å². The van der Waals surface area contributed by atoms with E-state index in [1.807, 2.05) is 45.0 Å². The number of fused-ring (bicyclic) bond motifs is 1. The minimum atomic E-state index is -0.489. The summed E-state index contributed by atoms with van der Waals surface area (Å²) in [5.74, 6) is 1.82. The Morgan fingerprint density at radius 3 is 2.41 bits per heavy atom. The fraction of sp³-hybridized carbons (Fsp3) is 0.440. The summed E-state index contributed by atoms with van der Waals surface area (Å²) in [4.78, 5) is 23.8. The number of guanidine groups is 1. The lowest BCUT2D eigenvalue weighted by Gasteiger charge is -2.41. The van der Waals surface area contributed by atoms with Gasteiger partial charge in [0.2, 0.25) is 5.96 Å². The zero-order valence-electron chi connectivity index (χ0n) is 19.4. The molecule has 170 valence electrons. The Morgan fingerprint density at radius 2 is 1.69 bits per heavy atom. The molecule has 0 bridgehead atoms. The molecule has 0 aromatic heterocycles. The molecule has 0 atom stereocenters. The van der Waals surface area contributed by atoms with Crippen LogP contribution in [0.1, 0.15) is 31.9 Å². The number of ether oxygens (including phenoxy) is 2. The van der Waals surface area contributed by atoms with Gasteiger partial charge in [0.25, 0.3) is 0 Å². The molecule has 2 aromatic rings. The zero-order chi connectivity index (χ0) is 22.7. The molecule has 2 aliphatic heterocycles. The summed E-state index contributed by atoms with van der Waals surface area (Å²) in [5, 5.41) is 0. The Kier molecular flexibility index (Phi) is 6.26. The lowest BCUT2D eigenvalue weighted by Crippen LogP contribution is -2.55. The molecule has 1 fully saturated rings. The van der Waals surface area contributed by atoms with Crippen LogP contribution in [0.15, 0.2) is 53.5 Å². The van der Waals surface area contributed by atoms with E-state index in [1.54, 1.807) is 12.0 Å². The lowest BCUT2D eigenvalue weighted by molar-refractivity contribution is 0.0180. The van der Waals surface area contributed by atoms with E-state index in [4.69, 9.17) is 14.5 Å². The van der Waals surface area contributed by atoms with Gasteiger partial charge in [0.1, 0.15) is 11.4 Å². The second-order valence-corrected chi connectivity index (χ2v) is 9.16. The summed E-state index contributed by atoms with van der Waals surface area (Å²) in [6.45, 7) is 9.80. The highest BCUT2D eigenvalue weighted by atomic mass is 16.6. The van der Waals surface area contributed by atoms with Crippen LogP contribution in [0.2, 0.25) is 0 Å². The highest BCUT2D eigenvalue weighted by Crippen LogP contribution is 2.30. The van der Waals surface area contributed by atoms with Gasteiger partial charge in [-0.1, -0.05) is 36.4 Å². The van der Waals surface area contributed by atoms with Gasteiger partial charge in [-0.05, 0) is 38.5 Å². The Bertz CT molecular complexity index is 991. The number of benzene rings is 2. The topological polar surface area (TPSA) is 57.6 Å². The van der Waals surface area contributed by atoms with E-state index in [9.17, 15) is 4.79 Å². The van der Waals surface area contributed by atoms with Crippen molar-refractivity contribution in [2.45, 2.75) is 39.5 Å². The number of piperazine rings is 1. The predicted molar refractivity (Wildman–Crippen MR) is 125 cm³/mol.